The number of carbonyl (C=O) groups is 1. The van der Waals surface area contributed by atoms with Crippen LogP contribution in [0, 0.1) is 0 Å². The van der Waals surface area contributed by atoms with Gasteiger partial charge in [-0.3, -0.25) is 14.7 Å². The number of nitrogens with one attached hydrogen (secondary N) is 1. The van der Waals surface area contributed by atoms with Crippen molar-refractivity contribution in [2.24, 2.45) is 0 Å². The number of hydrogen-bond acceptors (Lipinski definition) is 5. The highest BCUT2D eigenvalue weighted by atomic mass is 79.9. The predicted octanol–water partition coefficient (Wildman–Crippen LogP) is 6.07. The van der Waals surface area contributed by atoms with E-state index in [1.165, 1.54) is 4.57 Å². The van der Waals surface area contributed by atoms with Crippen molar-refractivity contribution in [3.63, 3.8) is 0 Å². The summed E-state index contributed by atoms with van der Waals surface area (Å²) in [7, 11) is 0. The van der Waals surface area contributed by atoms with Crippen molar-refractivity contribution in [1.29, 1.82) is 0 Å². The Morgan fingerprint density at radius 1 is 0.971 bits per heavy atom. The average Bonchev–Trinajstić information content (AvgIpc) is 2.79. The first-order valence-corrected chi connectivity index (χ1v) is 11.4. The van der Waals surface area contributed by atoms with Gasteiger partial charge in [-0.1, -0.05) is 40.2 Å². The number of anilines is 1. The van der Waals surface area contributed by atoms with E-state index < -0.39 is 11.7 Å². The van der Waals surface area contributed by atoms with Gasteiger partial charge in [0.2, 0.25) is 0 Å². The zero-order valence-electron chi connectivity index (χ0n) is 18.9. The third kappa shape index (κ3) is 5.40. The normalized spacial score (nSPS) is 11.2. The van der Waals surface area contributed by atoms with Gasteiger partial charge in [-0.25, -0.2) is 14.8 Å². The molecular formula is C26H23BrN4O3. The molecule has 2 heterocycles. The summed E-state index contributed by atoms with van der Waals surface area (Å²) in [6.45, 7) is 5.38. The number of hydrogen-bond donors (Lipinski definition) is 1. The van der Waals surface area contributed by atoms with Crippen molar-refractivity contribution >= 4 is 27.7 Å². The number of pyridine rings is 1. The Hall–Kier alpha value is -3.78. The van der Waals surface area contributed by atoms with E-state index in [1.54, 1.807) is 75.8 Å². The van der Waals surface area contributed by atoms with Crippen molar-refractivity contribution in [3.05, 3.63) is 94.1 Å². The lowest BCUT2D eigenvalue weighted by molar-refractivity contribution is 0.0636. The van der Waals surface area contributed by atoms with Crippen molar-refractivity contribution in [1.82, 2.24) is 14.5 Å². The second-order valence-electron chi connectivity index (χ2n) is 8.55. The number of aromatic nitrogens is 3. The molecule has 0 aliphatic rings. The molecule has 4 aromatic rings. The number of nitrogens with zero attached hydrogens (tertiary/aromatic N) is 3. The third-order valence-electron chi connectivity index (χ3n) is 4.77. The van der Waals surface area contributed by atoms with E-state index in [0.717, 1.165) is 10.0 Å². The van der Waals surface area contributed by atoms with Gasteiger partial charge in [-0.15, -0.1) is 0 Å². The average molecular weight is 519 g/mol. The highest BCUT2D eigenvalue weighted by Crippen LogP contribution is 2.29. The zero-order chi connectivity index (χ0) is 24.3. The molecule has 7 nitrogen and oxygen atoms in total. The smallest absolute Gasteiger partial charge is 0.412 e. The molecule has 0 fully saturated rings. The standard InChI is InChI=1S/C26H23BrN4O3/c1-26(2,3)34-25(33)30-18-8-6-9-19(15-18)31-16-17(23-28-12-7-13-29-23)14-21(24(31)32)20-10-4-5-11-22(20)27/h4-16H,1-3H3,(H,30,33). The first-order chi connectivity index (χ1) is 16.2. The minimum Gasteiger partial charge on any atom is -0.444 e. The van der Waals surface area contributed by atoms with Crippen LogP contribution in [0.25, 0.3) is 28.2 Å². The molecule has 0 saturated heterocycles. The maximum absolute atomic E-state index is 13.6. The van der Waals surface area contributed by atoms with Gasteiger partial charge in [0.15, 0.2) is 5.82 Å². The van der Waals surface area contributed by atoms with Crippen LogP contribution in [-0.4, -0.2) is 26.2 Å². The molecule has 4 rings (SSSR count). The van der Waals surface area contributed by atoms with Gasteiger partial charge in [0, 0.05) is 45.4 Å². The van der Waals surface area contributed by atoms with Crippen molar-refractivity contribution in [3.8, 4) is 28.2 Å². The summed E-state index contributed by atoms with van der Waals surface area (Å²) < 4.78 is 7.66. The van der Waals surface area contributed by atoms with E-state index in [4.69, 9.17) is 4.74 Å². The maximum Gasteiger partial charge on any atom is 0.412 e. The van der Waals surface area contributed by atoms with Crippen LogP contribution >= 0.6 is 15.9 Å². The third-order valence-corrected chi connectivity index (χ3v) is 5.47. The van der Waals surface area contributed by atoms with E-state index in [0.29, 0.717) is 28.3 Å². The van der Waals surface area contributed by atoms with Crippen LogP contribution in [0.3, 0.4) is 0 Å². The van der Waals surface area contributed by atoms with Crippen LogP contribution in [0.1, 0.15) is 20.8 Å². The second-order valence-corrected chi connectivity index (χ2v) is 9.40. The molecule has 1 N–H and O–H groups in total. The van der Waals surface area contributed by atoms with Gasteiger partial charge >= 0.3 is 6.09 Å². The van der Waals surface area contributed by atoms with Crippen LogP contribution in [0.4, 0.5) is 10.5 Å². The van der Waals surface area contributed by atoms with Gasteiger partial charge < -0.3 is 4.74 Å². The first kappa shape index (κ1) is 23.4. The summed E-state index contributed by atoms with van der Waals surface area (Å²) >= 11 is 3.55. The molecule has 0 atom stereocenters. The molecule has 0 unspecified atom stereocenters. The molecule has 8 heteroatoms. The summed E-state index contributed by atoms with van der Waals surface area (Å²) in [5.74, 6) is 0.493. The zero-order valence-corrected chi connectivity index (χ0v) is 20.5. The predicted molar refractivity (Wildman–Crippen MR) is 136 cm³/mol. The molecule has 2 aromatic heterocycles. The Labute approximate surface area is 205 Å². The number of benzene rings is 2. The van der Waals surface area contributed by atoms with Crippen LogP contribution in [0.2, 0.25) is 0 Å². The van der Waals surface area contributed by atoms with Crippen LogP contribution < -0.4 is 10.9 Å². The van der Waals surface area contributed by atoms with Crippen LogP contribution in [0.15, 0.2) is 88.5 Å². The van der Waals surface area contributed by atoms with E-state index in [2.05, 4.69) is 31.2 Å². The summed E-state index contributed by atoms with van der Waals surface area (Å²) in [4.78, 5) is 34.6. The minimum absolute atomic E-state index is 0.221. The number of rotatable bonds is 4. The highest BCUT2D eigenvalue weighted by molar-refractivity contribution is 9.10. The minimum atomic E-state index is -0.624. The largest absolute Gasteiger partial charge is 0.444 e. The highest BCUT2D eigenvalue weighted by Gasteiger charge is 2.17. The van der Waals surface area contributed by atoms with E-state index in [9.17, 15) is 9.59 Å². The lowest BCUT2D eigenvalue weighted by Crippen LogP contribution is -2.27. The summed E-state index contributed by atoms with van der Waals surface area (Å²) in [6, 6.07) is 18.1. The first-order valence-electron chi connectivity index (χ1n) is 10.6. The van der Waals surface area contributed by atoms with Crippen molar-refractivity contribution < 1.29 is 9.53 Å². The Bertz CT molecular complexity index is 1400. The van der Waals surface area contributed by atoms with Crippen LogP contribution in [-0.2, 0) is 4.74 Å². The molecule has 0 radical (unpaired) electrons. The summed E-state index contributed by atoms with van der Waals surface area (Å²) in [5, 5.41) is 2.72. The van der Waals surface area contributed by atoms with E-state index >= 15 is 0 Å². The molecule has 0 saturated carbocycles. The van der Waals surface area contributed by atoms with Gasteiger partial charge in [0.05, 0.1) is 5.69 Å². The Kier molecular flexibility index (Phi) is 6.61. The number of halogens is 1. The fraction of sp³-hybridized carbons (Fsp3) is 0.154. The quantitative estimate of drug-likeness (QED) is 0.354. The fourth-order valence-electron chi connectivity index (χ4n) is 3.37. The van der Waals surface area contributed by atoms with E-state index in [-0.39, 0.29) is 5.56 Å². The fourth-order valence-corrected chi connectivity index (χ4v) is 3.87. The maximum atomic E-state index is 13.6. The van der Waals surface area contributed by atoms with Gasteiger partial charge in [0.25, 0.3) is 5.56 Å². The Morgan fingerprint density at radius 3 is 2.41 bits per heavy atom. The lowest BCUT2D eigenvalue weighted by Gasteiger charge is -2.20. The lowest BCUT2D eigenvalue weighted by atomic mass is 10.0. The Balaban J connectivity index is 1.84. The molecule has 34 heavy (non-hydrogen) atoms. The van der Waals surface area contributed by atoms with Crippen molar-refractivity contribution in [2.45, 2.75) is 26.4 Å². The molecule has 0 aliphatic heterocycles. The summed E-state index contributed by atoms with van der Waals surface area (Å²) in [5.41, 5.74) is 2.15. The molecule has 0 spiro atoms. The number of ether oxygens (including phenoxy) is 1. The van der Waals surface area contributed by atoms with Crippen molar-refractivity contribution in [2.75, 3.05) is 5.32 Å². The monoisotopic (exact) mass is 518 g/mol. The topological polar surface area (TPSA) is 86.1 Å². The molecule has 0 aliphatic carbocycles. The van der Waals surface area contributed by atoms with E-state index in [1.807, 2.05) is 24.3 Å². The second kappa shape index (κ2) is 9.61. The van der Waals surface area contributed by atoms with Gasteiger partial charge in [0.1, 0.15) is 5.60 Å². The number of carbonyl (C=O) groups excluding carboxylic acids is 1. The van der Waals surface area contributed by atoms with Gasteiger partial charge in [-0.2, -0.15) is 0 Å². The summed E-state index contributed by atoms with van der Waals surface area (Å²) in [6.07, 6.45) is 4.44. The molecule has 172 valence electrons. The Morgan fingerprint density at radius 2 is 1.71 bits per heavy atom. The molecule has 2 aromatic carbocycles. The molecule has 1 amide bonds. The molecular weight excluding hydrogens is 496 g/mol. The molecule has 0 bridgehead atoms. The number of amides is 1. The van der Waals surface area contributed by atoms with Gasteiger partial charge in [-0.05, 0) is 57.2 Å². The van der Waals surface area contributed by atoms with Crippen LogP contribution in [0.5, 0.6) is 0 Å². The SMILES string of the molecule is CC(C)(C)OC(=O)Nc1cccc(-n2cc(-c3ncccn3)cc(-c3ccccc3Br)c2=O)c1.